The Bertz CT molecular complexity index is 806. The van der Waals surface area contributed by atoms with Crippen LogP contribution in [0.25, 0.3) is 0 Å². The first-order valence-corrected chi connectivity index (χ1v) is 11.0. The van der Waals surface area contributed by atoms with Crippen molar-refractivity contribution in [2.75, 3.05) is 37.6 Å². The molecule has 1 fully saturated rings. The van der Waals surface area contributed by atoms with Crippen molar-refractivity contribution >= 4 is 28.9 Å². The Labute approximate surface area is 183 Å². The predicted octanol–water partition coefficient (Wildman–Crippen LogP) is 5.27. The normalized spacial score (nSPS) is 18.5. The number of anilines is 1. The largest absolute Gasteiger partial charge is 0.389 e. The number of hydrogen-bond acceptors (Lipinski definition) is 3. The summed E-state index contributed by atoms with van der Waals surface area (Å²) in [5.41, 5.74) is 0.538. The molecule has 3 nitrogen and oxygen atoms in total. The highest BCUT2D eigenvalue weighted by Gasteiger charge is 2.35. The number of halogens is 3. The van der Waals surface area contributed by atoms with E-state index in [1.54, 1.807) is 12.1 Å². The van der Waals surface area contributed by atoms with Gasteiger partial charge in [0.2, 0.25) is 0 Å². The molecule has 0 radical (unpaired) electrons. The number of rotatable bonds is 7. The van der Waals surface area contributed by atoms with Gasteiger partial charge < -0.3 is 10.0 Å². The van der Waals surface area contributed by atoms with Crippen LogP contribution in [0.1, 0.15) is 25.8 Å². The van der Waals surface area contributed by atoms with E-state index in [0.717, 1.165) is 43.4 Å². The molecule has 29 heavy (non-hydrogen) atoms. The molecule has 0 aromatic heterocycles. The monoisotopic (exact) mass is 438 g/mol. The lowest BCUT2D eigenvalue weighted by Crippen LogP contribution is -2.51. The van der Waals surface area contributed by atoms with Gasteiger partial charge in [-0.1, -0.05) is 49.2 Å². The third-order valence-corrected chi connectivity index (χ3v) is 6.74. The summed E-state index contributed by atoms with van der Waals surface area (Å²) in [5, 5.41) is 12.4. The van der Waals surface area contributed by atoms with Gasteiger partial charge in [0.1, 0.15) is 5.82 Å². The zero-order chi connectivity index (χ0) is 21.0. The summed E-state index contributed by atoms with van der Waals surface area (Å²) in [7, 11) is 0. The number of aliphatic hydroxyl groups is 1. The fourth-order valence-electron chi connectivity index (χ4n) is 4.07. The van der Waals surface area contributed by atoms with Gasteiger partial charge in [-0.3, -0.25) is 4.90 Å². The van der Waals surface area contributed by atoms with Crippen molar-refractivity contribution in [3.8, 4) is 0 Å². The first-order valence-electron chi connectivity index (χ1n) is 10.2. The Morgan fingerprint density at radius 3 is 2.41 bits per heavy atom. The van der Waals surface area contributed by atoms with Crippen molar-refractivity contribution < 1.29 is 9.50 Å². The van der Waals surface area contributed by atoms with Crippen LogP contribution < -0.4 is 4.90 Å². The number of piperazine rings is 1. The van der Waals surface area contributed by atoms with Crippen molar-refractivity contribution in [2.24, 2.45) is 5.92 Å². The van der Waals surface area contributed by atoms with Gasteiger partial charge >= 0.3 is 0 Å². The molecule has 0 saturated carbocycles. The van der Waals surface area contributed by atoms with Crippen LogP contribution in [-0.2, 0) is 6.42 Å². The van der Waals surface area contributed by atoms with Crippen molar-refractivity contribution in [2.45, 2.75) is 32.3 Å². The van der Waals surface area contributed by atoms with Crippen LogP contribution >= 0.6 is 23.2 Å². The first-order chi connectivity index (χ1) is 13.8. The van der Waals surface area contributed by atoms with Crippen LogP contribution in [0.3, 0.4) is 0 Å². The molecule has 1 aliphatic heterocycles. The molecule has 2 unspecified atom stereocenters. The topological polar surface area (TPSA) is 26.7 Å². The zero-order valence-electron chi connectivity index (χ0n) is 17.0. The summed E-state index contributed by atoms with van der Waals surface area (Å²) in [5.74, 6) is -0.368. The lowest BCUT2D eigenvalue weighted by atomic mass is 9.80. The Balaban J connectivity index is 1.60. The molecule has 1 N–H and O–H groups in total. The lowest BCUT2D eigenvalue weighted by molar-refractivity contribution is -0.0286. The van der Waals surface area contributed by atoms with E-state index in [9.17, 15) is 9.50 Å². The summed E-state index contributed by atoms with van der Waals surface area (Å²) < 4.78 is 14.3. The smallest absolute Gasteiger partial charge is 0.127 e. The number of hydrogen-bond donors (Lipinski definition) is 1. The van der Waals surface area contributed by atoms with Crippen LogP contribution in [0.15, 0.2) is 42.5 Å². The molecule has 2 aromatic rings. The summed E-state index contributed by atoms with van der Waals surface area (Å²) in [6, 6.07) is 12.6. The molecule has 1 aliphatic rings. The molecule has 0 amide bonds. The Morgan fingerprint density at radius 2 is 1.79 bits per heavy atom. The Morgan fingerprint density at radius 1 is 1.10 bits per heavy atom. The van der Waals surface area contributed by atoms with E-state index in [1.165, 1.54) is 6.07 Å². The van der Waals surface area contributed by atoms with E-state index >= 15 is 0 Å². The quantitative estimate of drug-likeness (QED) is 0.637. The third kappa shape index (κ3) is 5.43. The SMILES string of the molecule is CCC(O)(Cc1c(F)cccc1Cl)C(C)CN1CCN(c2cccc(Cl)c2)CC1. The van der Waals surface area contributed by atoms with Crippen molar-refractivity contribution in [1.29, 1.82) is 0 Å². The molecular weight excluding hydrogens is 410 g/mol. The van der Waals surface area contributed by atoms with Crippen LogP contribution in [0.4, 0.5) is 10.1 Å². The second-order valence-electron chi connectivity index (χ2n) is 8.00. The van der Waals surface area contributed by atoms with E-state index in [2.05, 4.69) is 15.9 Å². The molecule has 1 saturated heterocycles. The minimum atomic E-state index is -1.00. The molecule has 0 aliphatic carbocycles. The van der Waals surface area contributed by atoms with Gasteiger partial charge in [-0.15, -0.1) is 0 Å². The number of benzene rings is 2. The molecule has 2 atom stereocenters. The van der Waals surface area contributed by atoms with Gasteiger partial charge in [0.05, 0.1) is 5.60 Å². The van der Waals surface area contributed by atoms with E-state index < -0.39 is 5.60 Å². The van der Waals surface area contributed by atoms with Gasteiger partial charge in [0, 0.05) is 60.4 Å². The molecule has 3 rings (SSSR count). The molecule has 6 heteroatoms. The first kappa shape index (κ1) is 22.4. The van der Waals surface area contributed by atoms with Crippen molar-refractivity contribution in [3.63, 3.8) is 0 Å². The fraction of sp³-hybridized carbons (Fsp3) is 0.478. The van der Waals surface area contributed by atoms with Gasteiger partial charge in [-0.25, -0.2) is 4.39 Å². The molecule has 0 bridgehead atoms. The summed E-state index contributed by atoms with van der Waals surface area (Å²) in [6.07, 6.45) is 0.764. The van der Waals surface area contributed by atoms with Crippen molar-refractivity contribution in [3.05, 3.63) is 63.9 Å². The van der Waals surface area contributed by atoms with E-state index in [1.807, 2.05) is 32.0 Å². The Kier molecular flexibility index (Phi) is 7.44. The maximum Gasteiger partial charge on any atom is 0.127 e. The van der Waals surface area contributed by atoms with Gasteiger partial charge in [0.15, 0.2) is 0 Å². The summed E-state index contributed by atoms with van der Waals surface area (Å²) >= 11 is 12.3. The van der Waals surface area contributed by atoms with Crippen LogP contribution in [0, 0.1) is 11.7 Å². The summed E-state index contributed by atoms with van der Waals surface area (Å²) in [6.45, 7) is 8.41. The third-order valence-electron chi connectivity index (χ3n) is 6.15. The fourth-order valence-corrected chi connectivity index (χ4v) is 4.49. The van der Waals surface area contributed by atoms with E-state index in [0.29, 0.717) is 17.0 Å². The second-order valence-corrected chi connectivity index (χ2v) is 8.85. The highest BCUT2D eigenvalue weighted by atomic mass is 35.5. The van der Waals surface area contributed by atoms with Gasteiger partial charge in [-0.05, 0) is 42.7 Å². The minimum Gasteiger partial charge on any atom is -0.389 e. The van der Waals surface area contributed by atoms with Gasteiger partial charge in [-0.2, -0.15) is 0 Å². The van der Waals surface area contributed by atoms with E-state index in [-0.39, 0.29) is 18.2 Å². The average molecular weight is 439 g/mol. The molecule has 0 spiro atoms. The number of nitrogens with zero attached hydrogens (tertiary/aromatic N) is 2. The molecular formula is C23H29Cl2FN2O. The highest BCUT2D eigenvalue weighted by molar-refractivity contribution is 6.31. The lowest BCUT2D eigenvalue weighted by Gasteiger charge is -2.41. The average Bonchev–Trinajstić information content (AvgIpc) is 2.71. The maximum atomic E-state index is 14.3. The summed E-state index contributed by atoms with van der Waals surface area (Å²) in [4.78, 5) is 4.70. The van der Waals surface area contributed by atoms with Crippen LogP contribution in [0.5, 0.6) is 0 Å². The highest BCUT2D eigenvalue weighted by Crippen LogP contribution is 2.31. The van der Waals surface area contributed by atoms with Crippen LogP contribution in [0.2, 0.25) is 10.0 Å². The molecule has 2 aromatic carbocycles. The minimum absolute atomic E-state index is 0.0131. The van der Waals surface area contributed by atoms with Gasteiger partial charge in [0.25, 0.3) is 0 Å². The van der Waals surface area contributed by atoms with E-state index in [4.69, 9.17) is 23.2 Å². The van der Waals surface area contributed by atoms with Crippen LogP contribution in [-0.4, -0.2) is 48.3 Å². The molecule has 1 heterocycles. The van der Waals surface area contributed by atoms with Crippen molar-refractivity contribution in [1.82, 2.24) is 4.90 Å². The zero-order valence-corrected chi connectivity index (χ0v) is 18.6. The predicted molar refractivity (Wildman–Crippen MR) is 120 cm³/mol. The second kappa shape index (κ2) is 9.65. The standard InChI is InChI=1S/C23H29Cl2FN2O/c1-3-23(29,15-20-21(25)8-5-9-22(20)26)17(2)16-27-10-12-28(13-11-27)19-7-4-6-18(24)14-19/h4-9,14,17,29H,3,10-13,15-16H2,1-2H3. The Hall–Kier alpha value is -1.33. The maximum absolute atomic E-state index is 14.3. The molecule has 158 valence electrons.